The Morgan fingerprint density at radius 1 is 1.22 bits per heavy atom. The Labute approximate surface area is 112 Å². The number of rotatable bonds is 5. The van der Waals surface area contributed by atoms with E-state index in [1.807, 2.05) is 12.1 Å². The number of Topliss-reactive ketones (excluding diaryl/α,β-unsaturated/α-hetero) is 1. The summed E-state index contributed by atoms with van der Waals surface area (Å²) >= 11 is 5.69. The van der Waals surface area contributed by atoms with Gasteiger partial charge in [-0.2, -0.15) is 0 Å². The van der Waals surface area contributed by atoms with Gasteiger partial charge in [-0.15, -0.1) is 11.6 Å². The minimum Gasteiger partial charge on any atom is -0.305 e. The van der Waals surface area contributed by atoms with Gasteiger partial charge in [-0.25, -0.2) is 0 Å². The number of hydrogen-bond acceptors (Lipinski definition) is 2. The molecule has 3 nitrogen and oxygen atoms in total. The summed E-state index contributed by atoms with van der Waals surface area (Å²) in [6.07, 6.45) is 1.79. The molecule has 1 aliphatic rings. The molecular formula is C14H16ClNO2. The number of ketones is 1. The monoisotopic (exact) mass is 265 g/mol. The summed E-state index contributed by atoms with van der Waals surface area (Å²) < 4.78 is 0. The number of nitrogens with zero attached hydrogens (tertiary/aromatic N) is 1. The van der Waals surface area contributed by atoms with Gasteiger partial charge in [-0.1, -0.05) is 19.1 Å². The van der Waals surface area contributed by atoms with Crippen molar-refractivity contribution in [1.82, 2.24) is 0 Å². The number of carbonyl (C=O) groups is 2. The van der Waals surface area contributed by atoms with Gasteiger partial charge in [0.15, 0.2) is 0 Å². The van der Waals surface area contributed by atoms with Crippen LogP contribution in [0.3, 0.4) is 0 Å². The second kappa shape index (κ2) is 5.53. The maximum atomic E-state index is 11.9. The largest absolute Gasteiger partial charge is 0.305 e. The van der Waals surface area contributed by atoms with Crippen molar-refractivity contribution in [3.8, 4) is 0 Å². The summed E-state index contributed by atoms with van der Waals surface area (Å²) in [5.41, 5.74) is 1.26. The minimum atomic E-state index is -0.408. The predicted octanol–water partition coefficient (Wildman–Crippen LogP) is 2.87. The van der Waals surface area contributed by atoms with Crippen LogP contribution in [0.2, 0.25) is 0 Å². The number of benzene rings is 1. The van der Waals surface area contributed by atoms with Crippen LogP contribution in [0.25, 0.3) is 0 Å². The molecule has 0 spiro atoms. The average molecular weight is 266 g/mol. The highest BCUT2D eigenvalue weighted by atomic mass is 35.5. The van der Waals surface area contributed by atoms with Crippen molar-refractivity contribution in [3.05, 3.63) is 29.8 Å². The number of para-hydroxylation sites is 1. The number of carbonyl (C=O) groups excluding carboxylic acids is 2. The van der Waals surface area contributed by atoms with E-state index >= 15 is 0 Å². The predicted molar refractivity (Wildman–Crippen MR) is 72.2 cm³/mol. The quantitative estimate of drug-likeness (QED) is 0.606. The number of anilines is 1. The lowest BCUT2D eigenvalue weighted by Crippen LogP contribution is -2.31. The molecule has 18 heavy (non-hydrogen) atoms. The second-order valence-corrected chi connectivity index (χ2v) is 5.05. The first-order valence-corrected chi connectivity index (χ1v) is 6.69. The third kappa shape index (κ3) is 2.41. The van der Waals surface area contributed by atoms with E-state index in [-0.39, 0.29) is 0 Å². The summed E-state index contributed by atoms with van der Waals surface area (Å²) in [5.74, 6) is 0.285. The Bertz CT molecular complexity index is 473. The van der Waals surface area contributed by atoms with Gasteiger partial charge in [-0.3, -0.25) is 9.59 Å². The molecule has 1 atom stereocenters. The van der Waals surface area contributed by atoms with Gasteiger partial charge in [0.1, 0.15) is 0 Å². The molecule has 0 radical (unpaired) electrons. The molecule has 1 aliphatic heterocycles. The number of alkyl halides is 1. The van der Waals surface area contributed by atoms with Crippen molar-refractivity contribution in [2.45, 2.75) is 19.8 Å². The fraction of sp³-hybridized carbons (Fsp3) is 0.429. The van der Waals surface area contributed by atoms with Crippen LogP contribution in [0.15, 0.2) is 24.3 Å². The molecule has 0 saturated heterocycles. The summed E-state index contributed by atoms with van der Waals surface area (Å²) in [5, 5.41) is 0. The SMILES string of the molecule is CC(CCCl)CCN1C(=O)C(=O)c2ccccc21. The number of hydrogen-bond donors (Lipinski definition) is 0. The van der Waals surface area contributed by atoms with Crippen molar-refractivity contribution in [3.63, 3.8) is 0 Å². The zero-order valence-corrected chi connectivity index (χ0v) is 11.1. The fourth-order valence-corrected chi connectivity index (χ4v) is 2.52. The van der Waals surface area contributed by atoms with Gasteiger partial charge >= 0.3 is 0 Å². The highest BCUT2D eigenvalue weighted by Crippen LogP contribution is 2.29. The summed E-state index contributed by atoms with van der Waals surface area (Å²) in [6.45, 7) is 2.69. The molecule has 0 bridgehead atoms. The standard InChI is InChI=1S/C14H16ClNO2/c1-10(6-8-15)7-9-16-12-5-3-2-4-11(12)13(17)14(16)18/h2-5,10H,6-9H2,1H3. The highest BCUT2D eigenvalue weighted by Gasteiger charge is 2.34. The van der Waals surface area contributed by atoms with Gasteiger partial charge in [0, 0.05) is 12.4 Å². The Hall–Kier alpha value is -1.35. The van der Waals surface area contributed by atoms with E-state index in [1.54, 1.807) is 17.0 Å². The van der Waals surface area contributed by atoms with Gasteiger partial charge in [0.05, 0.1) is 11.3 Å². The lowest BCUT2D eigenvalue weighted by Gasteiger charge is -2.18. The average Bonchev–Trinajstić information content (AvgIpc) is 2.61. The van der Waals surface area contributed by atoms with E-state index in [1.165, 1.54) is 0 Å². The molecule has 1 aromatic rings. The summed E-state index contributed by atoms with van der Waals surface area (Å²) in [6, 6.07) is 7.16. The maximum absolute atomic E-state index is 11.9. The lowest BCUT2D eigenvalue weighted by atomic mass is 10.1. The third-order valence-electron chi connectivity index (χ3n) is 3.33. The Morgan fingerprint density at radius 3 is 2.67 bits per heavy atom. The van der Waals surface area contributed by atoms with E-state index in [4.69, 9.17) is 11.6 Å². The van der Waals surface area contributed by atoms with Crippen LogP contribution in [0, 0.1) is 5.92 Å². The van der Waals surface area contributed by atoms with Crippen LogP contribution in [0.1, 0.15) is 30.1 Å². The molecule has 1 amide bonds. The molecule has 0 aliphatic carbocycles. The van der Waals surface area contributed by atoms with Crippen molar-refractivity contribution >= 4 is 29.0 Å². The fourth-order valence-electron chi connectivity index (χ4n) is 2.15. The molecule has 0 fully saturated rings. The van der Waals surface area contributed by atoms with Crippen LogP contribution in [-0.4, -0.2) is 24.1 Å². The van der Waals surface area contributed by atoms with Crippen LogP contribution in [0.4, 0.5) is 5.69 Å². The minimum absolute atomic E-state index is 0.393. The zero-order chi connectivity index (χ0) is 13.1. The smallest absolute Gasteiger partial charge is 0.299 e. The van der Waals surface area contributed by atoms with Crippen LogP contribution >= 0.6 is 11.6 Å². The van der Waals surface area contributed by atoms with E-state index in [2.05, 4.69) is 6.92 Å². The van der Waals surface area contributed by atoms with Gasteiger partial charge in [-0.05, 0) is 30.9 Å². The van der Waals surface area contributed by atoms with Crippen molar-refractivity contribution in [2.24, 2.45) is 5.92 Å². The van der Waals surface area contributed by atoms with E-state index in [0.717, 1.165) is 18.5 Å². The normalized spacial score (nSPS) is 16.0. The molecule has 1 heterocycles. The number of fused-ring (bicyclic) bond motifs is 1. The first kappa shape index (κ1) is 13.1. The van der Waals surface area contributed by atoms with Gasteiger partial charge in [0.2, 0.25) is 0 Å². The molecule has 0 aromatic heterocycles. The first-order chi connectivity index (χ1) is 8.65. The van der Waals surface area contributed by atoms with E-state index in [9.17, 15) is 9.59 Å². The zero-order valence-electron chi connectivity index (χ0n) is 10.4. The maximum Gasteiger partial charge on any atom is 0.299 e. The number of halogens is 1. The second-order valence-electron chi connectivity index (χ2n) is 4.67. The van der Waals surface area contributed by atoms with Crippen LogP contribution in [0.5, 0.6) is 0 Å². The first-order valence-electron chi connectivity index (χ1n) is 6.16. The van der Waals surface area contributed by atoms with Gasteiger partial charge in [0.25, 0.3) is 11.7 Å². The summed E-state index contributed by atoms with van der Waals surface area (Å²) in [4.78, 5) is 25.2. The molecule has 0 N–H and O–H groups in total. The van der Waals surface area contributed by atoms with Crippen LogP contribution in [-0.2, 0) is 4.79 Å². The molecule has 2 rings (SSSR count). The Balaban J connectivity index is 2.10. The van der Waals surface area contributed by atoms with Crippen molar-refractivity contribution in [1.29, 1.82) is 0 Å². The Kier molecular flexibility index (Phi) is 4.02. The van der Waals surface area contributed by atoms with Crippen molar-refractivity contribution in [2.75, 3.05) is 17.3 Å². The topological polar surface area (TPSA) is 37.4 Å². The van der Waals surface area contributed by atoms with Crippen molar-refractivity contribution < 1.29 is 9.59 Å². The Morgan fingerprint density at radius 2 is 1.94 bits per heavy atom. The molecule has 1 aromatic carbocycles. The molecule has 96 valence electrons. The van der Waals surface area contributed by atoms with Gasteiger partial charge < -0.3 is 4.90 Å². The molecule has 1 unspecified atom stereocenters. The third-order valence-corrected chi connectivity index (χ3v) is 3.54. The van der Waals surface area contributed by atoms with E-state index < -0.39 is 11.7 Å². The molecular weight excluding hydrogens is 250 g/mol. The van der Waals surface area contributed by atoms with E-state index in [0.29, 0.717) is 23.9 Å². The molecule has 0 saturated carbocycles. The highest BCUT2D eigenvalue weighted by molar-refractivity contribution is 6.52. The lowest BCUT2D eigenvalue weighted by molar-refractivity contribution is -0.114. The molecule has 4 heteroatoms. The number of amides is 1. The van der Waals surface area contributed by atoms with Crippen LogP contribution < -0.4 is 4.90 Å². The summed E-state index contributed by atoms with van der Waals surface area (Å²) in [7, 11) is 0.